The van der Waals surface area contributed by atoms with Crippen LogP contribution < -0.4 is 14.2 Å². The van der Waals surface area contributed by atoms with E-state index in [0.29, 0.717) is 29.4 Å². The number of benzene rings is 1. The summed E-state index contributed by atoms with van der Waals surface area (Å²) in [6.07, 6.45) is 1.62. The summed E-state index contributed by atoms with van der Waals surface area (Å²) >= 11 is 0. The zero-order chi connectivity index (χ0) is 17.9. The fourth-order valence-corrected chi connectivity index (χ4v) is 3.16. The van der Waals surface area contributed by atoms with E-state index in [0.717, 1.165) is 12.8 Å². The molecular formula is C18H27NO5. The van der Waals surface area contributed by atoms with Gasteiger partial charge in [-0.15, -0.1) is 0 Å². The molecule has 6 heteroatoms. The average molecular weight is 337 g/mol. The van der Waals surface area contributed by atoms with Crippen LogP contribution in [0.15, 0.2) is 12.1 Å². The molecule has 1 amide bonds. The van der Waals surface area contributed by atoms with E-state index in [-0.39, 0.29) is 17.6 Å². The lowest BCUT2D eigenvalue weighted by molar-refractivity contribution is -0.0756. The molecule has 1 aromatic rings. The van der Waals surface area contributed by atoms with Crippen LogP contribution >= 0.6 is 0 Å². The lowest BCUT2D eigenvalue weighted by Crippen LogP contribution is -2.46. The third-order valence-electron chi connectivity index (χ3n) is 4.47. The predicted molar refractivity (Wildman–Crippen MR) is 91.2 cm³/mol. The molecule has 0 spiro atoms. The molecule has 134 valence electrons. The zero-order valence-corrected chi connectivity index (χ0v) is 15.3. The van der Waals surface area contributed by atoms with Crippen LogP contribution in [-0.4, -0.2) is 57.4 Å². The Kier molecular flexibility index (Phi) is 5.59. The molecule has 1 aliphatic heterocycles. The summed E-state index contributed by atoms with van der Waals surface area (Å²) in [4.78, 5) is 14.8. The van der Waals surface area contributed by atoms with Crippen LogP contribution in [0.5, 0.6) is 17.2 Å². The Balaban J connectivity index is 2.32. The minimum atomic E-state index is -0.223. The average Bonchev–Trinajstić information content (AvgIpc) is 2.57. The van der Waals surface area contributed by atoms with Crippen molar-refractivity contribution >= 4 is 5.91 Å². The Morgan fingerprint density at radius 2 is 1.83 bits per heavy atom. The molecule has 0 saturated carbocycles. The molecule has 1 aromatic carbocycles. The topological polar surface area (TPSA) is 57.2 Å². The van der Waals surface area contributed by atoms with Gasteiger partial charge in [-0.3, -0.25) is 4.79 Å². The molecule has 1 unspecified atom stereocenters. The zero-order valence-electron chi connectivity index (χ0n) is 15.3. The Morgan fingerprint density at radius 3 is 2.38 bits per heavy atom. The van der Waals surface area contributed by atoms with E-state index in [1.165, 1.54) is 14.2 Å². The maximum absolute atomic E-state index is 13.0. The molecule has 0 aromatic heterocycles. The van der Waals surface area contributed by atoms with E-state index in [1.807, 2.05) is 7.05 Å². The van der Waals surface area contributed by atoms with E-state index >= 15 is 0 Å². The van der Waals surface area contributed by atoms with Crippen molar-refractivity contribution in [3.05, 3.63) is 17.7 Å². The van der Waals surface area contributed by atoms with Crippen LogP contribution in [-0.2, 0) is 4.74 Å². The van der Waals surface area contributed by atoms with Crippen LogP contribution in [0, 0.1) is 0 Å². The molecule has 2 rings (SSSR count). The Labute approximate surface area is 143 Å². The smallest absolute Gasteiger partial charge is 0.257 e. The van der Waals surface area contributed by atoms with Crippen LogP contribution in [0.1, 0.15) is 37.0 Å². The van der Waals surface area contributed by atoms with E-state index < -0.39 is 0 Å². The summed E-state index contributed by atoms with van der Waals surface area (Å²) in [6, 6.07) is 3.55. The first-order valence-electron chi connectivity index (χ1n) is 8.04. The number of carbonyl (C=O) groups is 1. The second-order valence-corrected chi connectivity index (χ2v) is 6.55. The van der Waals surface area contributed by atoms with Crippen molar-refractivity contribution in [2.75, 3.05) is 35.0 Å². The number of rotatable bonds is 5. The van der Waals surface area contributed by atoms with Crippen molar-refractivity contribution in [1.82, 2.24) is 4.90 Å². The molecule has 1 saturated heterocycles. The Morgan fingerprint density at radius 1 is 1.17 bits per heavy atom. The van der Waals surface area contributed by atoms with Crippen LogP contribution in [0.4, 0.5) is 0 Å². The minimum Gasteiger partial charge on any atom is -0.493 e. The highest BCUT2D eigenvalue weighted by Gasteiger charge is 2.34. The molecule has 0 aliphatic carbocycles. The van der Waals surface area contributed by atoms with Crippen molar-refractivity contribution in [2.45, 2.75) is 38.3 Å². The summed E-state index contributed by atoms with van der Waals surface area (Å²) in [5.41, 5.74) is 0.237. The van der Waals surface area contributed by atoms with Gasteiger partial charge in [-0.1, -0.05) is 0 Å². The monoisotopic (exact) mass is 337 g/mol. The summed E-state index contributed by atoms with van der Waals surface area (Å²) in [7, 11) is 6.42. The molecular weight excluding hydrogens is 310 g/mol. The maximum Gasteiger partial charge on any atom is 0.257 e. The number of hydrogen-bond acceptors (Lipinski definition) is 5. The van der Waals surface area contributed by atoms with Gasteiger partial charge in [-0.25, -0.2) is 0 Å². The van der Waals surface area contributed by atoms with Gasteiger partial charge < -0.3 is 23.8 Å². The third kappa shape index (κ3) is 3.59. The molecule has 24 heavy (non-hydrogen) atoms. The quantitative estimate of drug-likeness (QED) is 0.827. The van der Waals surface area contributed by atoms with Gasteiger partial charge in [-0.05, 0) is 38.8 Å². The summed E-state index contributed by atoms with van der Waals surface area (Å²) < 4.78 is 21.8. The fraction of sp³-hybridized carbons (Fsp3) is 0.611. The first-order valence-corrected chi connectivity index (χ1v) is 8.04. The second-order valence-electron chi connectivity index (χ2n) is 6.55. The summed E-state index contributed by atoms with van der Waals surface area (Å²) in [5.74, 6) is 1.24. The molecule has 1 fully saturated rings. The Hall–Kier alpha value is -1.95. The second kappa shape index (κ2) is 7.30. The first kappa shape index (κ1) is 18.4. The van der Waals surface area contributed by atoms with E-state index in [4.69, 9.17) is 18.9 Å². The van der Waals surface area contributed by atoms with Gasteiger partial charge in [0.2, 0.25) is 5.75 Å². The van der Waals surface area contributed by atoms with Crippen molar-refractivity contribution in [3.8, 4) is 17.2 Å². The fourth-order valence-electron chi connectivity index (χ4n) is 3.16. The lowest BCUT2D eigenvalue weighted by Gasteiger charge is -2.39. The lowest BCUT2D eigenvalue weighted by atomic mass is 9.92. The van der Waals surface area contributed by atoms with Gasteiger partial charge >= 0.3 is 0 Å². The molecule has 0 N–H and O–H groups in total. The number of hydrogen-bond donors (Lipinski definition) is 0. The number of nitrogens with zero attached hydrogens (tertiary/aromatic N) is 1. The SMILES string of the molecule is COc1ccc(C(=O)N(C)C2CCOC(C)(C)C2)c(OC)c1OC. The van der Waals surface area contributed by atoms with Gasteiger partial charge in [0.05, 0.1) is 32.5 Å². The van der Waals surface area contributed by atoms with Crippen LogP contribution in [0.3, 0.4) is 0 Å². The highest BCUT2D eigenvalue weighted by atomic mass is 16.5. The highest BCUT2D eigenvalue weighted by molar-refractivity contribution is 5.98. The third-order valence-corrected chi connectivity index (χ3v) is 4.47. The molecule has 1 heterocycles. The maximum atomic E-state index is 13.0. The Bertz CT molecular complexity index is 599. The predicted octanol–water partition coefficient (Wildman–Crippen LogP) is 2.74. The largest absolute Gasteiger partial charge is 0.493 e. The molecule has 6 nitrogen and oxygen atoms in total. The normalized spacial score (nSPS) is 19.5. The molecule has 0 bridgehead atoms. The van der Waals surface area contributed by atoms with Crippen LogP contribution in [0.2, 0.25) is 0 Å². The van der Waals surface area contributed by atoms with Gasteiger partial charge in [0.25, 0.3) is 5.91 Å². The first-order chi connectivity index (χ1) is 11.3. The number of ether oxygens (including phenoxy) is 4. The number of amides is 1. The molecule has 1 atom stereocenters. The van der Waals surface area contributed by atoms with Crippen molar-refractivity contribution < 1.29 is 23.7 Å². The standard InChI is InChI=1S/C18H27NO5/c1-18(2)11-12(9-10-24-18)19(3)17(20)13-7-8-14(21-4)16(23-6)15(13)22-5/h7-8,12H,9-11H2,1-6H3. The number of carbonyl (C=O) groups excluding carboxylic acids is 1. The number of methoxy groups -OCH3 is 3. The summed E-state index contributed by atoms with van der Waals surface area (Å²) in [6.45, 7) is 4.75. The summed E-state index contributed by atoms with van der Waals surface area (Å²) in [5, 5.41) is 0. The van der Waals surface area contributed by atoms with E-state index in [9.17, 15) is 4.79 Å². The van der Waals surface area contributed by atoms with Crippen molar-refractivity contribution in [1.29, 1.82) is 0 Å². The van der Waals surface area contributed by atoms with Gasteiger partial charge in [0, 0.05) is 19.7 Å². The van der Waals surface area contributed by atoms with Gasteiger partial charge in [-0.2, -0.15) is 0 Å². The van der Waals surface area contributed by atoms with Crippen molar-refractivity contribution in [2.24, 2.45) is 0 Å². The molecule has 1 aliphatic rings. The molecule has 0 radical (unpaired) electrons. The van der Waals surface area contributed by atoms with Crippen LogP contribution in [0.25, 0.3) is 0 Å². The highest BCUT2D eigenvalue weighted by Crippen LogP contribution is 2.40. The van der Waals surface area contributed by atoms with Gasteiger partial charge in [0.15, 0.2) is 11.5 Å². The van der Waals surface area contributed by atoms with E-state index in [2.05, 4.69) is 13.8 Å². The van der Waals surface area contributed by atoms with Gasteiger partial charge in [0.1, 0.15) is 0 Å². The van der Waals surface area contributed by atoms with Crippen molar-refractivity contribution in [3.63, 3.8) is 0 Å². The minimum absolute atomic E-state index is 0.101. The van der Waals surface area contributed by atoms with E-state index in [1.54, 1.807) is 24.1 Å².